The molecule has 6 nitrogen and oxygen atoms in total. The van der Waals surface area contributed by atoms with E-state index in [2.05, 4.69) is 15.6 Å². The summed E-state index contributed by atoms with van der Waals surface area (Å²) in [7, 11) is 0. The third-order valence-electron chi connectivity index (χ3n) is 3.85. The molecule has 3 amide bonds. The summed E-state index contributed by atoms with van der Waals surface area (Å²) < 4.78 is 1.13. The molecule has 122 valence electrons. The minimum Gasteiger partial charge on any atom is -0.352 e. The Balaban J connectivity index is 1.55. The molecule has 1 fully saturated rings. The van der Waals surface area contributed by atoms with Gasteiger partial charge in [0, 0.05) is 26.1 Å². The van der Waals surface area contributed by atoms with Crippen LogP contribution in [0.3, 0.4) is 0 Å². The van der Waals surface area contributed by atoms with Crippen LogP contribution in [0.4, 0.5) is 4.79 Å². The van der Waals surface area contributed by atoms with Gasteiger partial charge in [0.25, 0.3) is 0 Å². The van der Waals surface area contributed by atoms with Gasteiger partial charge in [0.15, 0.2) is 0 Å². The first-order chi connectivity index (χ1) is 11.1. The van der Waals surface area contributed by atoms with Crippen LogP contribution in [-0.4, -0.2) is 41.0 Å². The molecule has 1 aromatic heterocycles. The smallest absolute Gasteiger partial charge is 0.317 e. The van der Waals surface area contributed by atoms with Crippen molar-refractivity contribution in [3.05, 3.63) is 29.3 Å². The number of nitrogens with zero attached hydrogens (tertiary/aromatic N) is 2. The Bertz CT molecular complexity index is 682. The van der Waals surface area contributed by atoms with Gasteiger partial charge in [0.2, 0.25) is 5.91 Å². The molecule has 1 aromatic carbocycles. The molecular weight excluding hydrogens is 312 g/mol. The van der Waals surface area contributed by atoms with Crippen molar-refractivity contribution in [2.45, 2.75) is 32.4 Å². The molecule has 2 aromatic rings. The number of para-hydroxylation sites is 1. The molecule has 0 aliphatic carbocycles. The number of amides is 3. The van der Waals surface area contributed by atoms with Gasteiger partial charge in [-0.05, 0) is 25.0 Å². The van der Waals surface area contributed by atoms with E-state index in [1.54, 1.807) is 16.2 Å². The zero-order chi connectivity index (χ0) is 16.2. The molecule has 1 unspecified atom stereocenters. The first-order valence-corrected chi connectivity index (χ1v) is 8.58. The number of piperidine rings is 1. The molecule has 0 bridgehead atoms. The summed E-state index contributed by atoms with van der Waals surface area (Å²) in [6, 6.07) is 7.90. The summed E-state index contributed by atoms with van der Waals surface area (Å²) in [5.74, 6) is -0.0493. The van der Waals surface area contributed by atoms with Crippen LogP contribution in [0, 0.1) is 0 Å². The highest BCUT2D eigenvalue weighted by molar-refractivity contribution is 7.18. The lowest BCUT2D eigenvalue weighted by molar-refractivity contribution is -0.119. The number of urea groups is 1. The van der Waals surface area contributed by atoms with Crippen molar-refractivity contribution in [2.75, 3.05) is 13.1 Å². The van der Waals surface area contributed by atoms with Gasteiger partial charge in [-0.15, -0.1) is 11.3 Å². The van der Waals surface area contributed by atoms with Crippen LogP contribution >= 0.6 is 11.3 Å². The molecule has 2 N–H and O–H groups in total. The van der Waals surface area contributed by atoms with E-state index in [0.717, 1.165) is 34.6 Å². The van der Waals surface area contributed by atoms with Crippen LogP contribution in [-0.2, 0) is 11.3 Å². The third kappa shape index (κ3) is 3.98. The number of fused-ring (bicyclic) bond motifs is 1. The summed E-state index contributed by atoms with van der Waals surface area (Å²) >= 11 is 1.59. The summed E-state index contributed by atoms with van der Waals surface area (Å²) in [4.78, 5) is 29.7. The second kappa shape index (κ2) is 6.95. The van der Waals surface area contributed by atoms with E-state index < -0.39 is 0 Å². The van der Waals surface area contributed by atoms with Crippen LogP contribution in [0.15, 0.2) is 24.3 Å². The Morgan fingerprint density at radius 1 is 1.39 bits per heavy atom. The number of carbonyl (C=O) groups excluding carboxylic acids is 2. The van der Waals surface area contributed by atoms with Crippen LogP contribution in [0.1, 0.15) is 24.8 Å². The maximum atomic E-state index is 12.3. The largest absolute Gasteiger partial charge is 0.352 e. The molecule has 23 heavy (non-hydrogen) atoms. The van der Waals surface area contributed by atoms with Gasteiger partial charge in [-0.25, -0.2) is 9.78 Å². The highest BCUT2D eigenvalue weighted by Gasteiger charge is 2.24. The van der Waals surface area contributed by atoms with Gasteiger partial charge in [-0.2, -0.15) is 0 Å². The van der Waals surface area contributed by atoms with Crippen LogP contribution < -0.4 is 10.6 Å². The van der Waals surface area contributed by atoms with Crippen LogP contribution in [0.5, 0.6) is 0 Å². The van der Waals surface area contributed by atoms with Gasteiger partial charge in [0.1, 0.15) is 5.01 Å². The first kappa shape index (κ1) is 15.7. The molecule has 3 rings (SSSR count). The zero-order valence-corrected chi connectivity index (χ0v) is 13.9. The molecule has 0 spiro atoms. The van der Waals surface area contributed by atoms with Crippen LogP contribution in [0.25, 0.3) is 10.2 Å². The van der Waals surface area contributed by atoms with Gasteiger partial charge < -0.3 is 15.5 Å². The normalized spacial score (nSPS) is 18.0. The number of benzene rings is 1. The second-order valence-corrected chi connectivity index (χ2v) is 6.83. The van der Waals surface area contributed by atoms with E-state index in [4.69, 9.17) is 0 Å². The lowest BCUT2D eigenvalue weighted by Gasteiger charge is -2.32. The van der Waals surface area contributed by atoms with E-state index in [-0.39, 0.29) is 18.0 Å². The monoisotopic (exact) mass is 332 g/mol. The summed E-state index contributed by atoms with van der Waals surface area (Å²) in [5, 5.41) is 6.71. The van der Waals surface area contributed by atoms with Gasteiger partial charge in [-0.1, -0.05) is 12.1 Å². The highest BCUT2D eigenvalue weighted by atomic mass is 32.1. The molecule has 1 aliphatic rings. The Morgan fingerprint density at radius 2 is 2.22 bits per heavy atom. The summed E-state index contributed by atoms with van der Waals surface area (Å²) in [6.07, 6.45) is 1.82. The van der Waals surface area contributed by atoms with Gasteiger partial charge >= 0.3 is 6.03 Å². The SMILES string of the molecule is CC(=O)NC1CCCN(C(=O)NCc2nc3ccccc3s2)C1. The molecule has 0 saturated carbocycles. The van der Waals surface area contributed by atoms with Crippen LogP contribution in [0.2, 0.25) is 0 Å². The third-order valence-corrected chi connectivity index (χ3v) is 4.88. The Morgan fingerprint density at radius 3 is 3.00 bits per heavy atom. The lowest BCUT2D eigenvalue weighted by atomic mass is 10.1. The zero-order valence-electron chi connectivity index (χ0n) is 13.0. The predicted octanol–water partition coefficient (Wildman–Crippen LogP) is 2.11. The average molecular weight is 332 g/mol. The molecule has 2 heterocycles. The Kier molecular flexibility index (Phi) is 4.76. The van der Waals surface area contributed by atoms with Crippen molar-refractivity contribution in [1.29, 1.82) is 0 Å². The minimum absolute atomic E-state index is 0.0493. The number of hydrogen-bond acceptors (Lipinski definition) is 4. The van der Waals surface area contributed by atoms with E-state index in [9.17, 15) is 9.59 Å². The van der Waals surface area contributed by atoms with Crippen molar-refractivity contribution in [3.8, 4) is 0 Å². The molecule has 0 radical (unpaired) electrons. The van der Waals surface area contributed by atoms with Crippen molar-refractivity contribution >= 4 is 33.5 Å². The van der Waals surface area contributed by atoms with Gasteiger partial charge in [0.05, 0.1) is 16.8 Å². The fourth-order valence-corrected chi connectivity index (χ4v) is 3.73. The van der Waals surface area contributed by atoms with E-state index in [1.165, 1.54) is 6.92 Å². The number of aromatic nitrogens is 1. The number of nitrogens with one attached hydrogen (secondary N) is 2. The van der Waals surface area contributed by atoms with Crippen molar-refractivity contribution < 1.29 is 9.59 Å². The number of hydrogen-bond donors (Lipinski definition) is 2. The number of carbonyl (C=O) groups is 2. The summed E-state index contributed by atoms with van der Waals surface area (Å²) in [5.41, 5.74) is 0.963. The van der Waals surface area contributed by atoms with Crippen molar-refractivity contribution in [1.82, 2.24) is 20.5 Å². The number of thiazole rings is 1. The van der Waals surface area contributed by atoms with Crippen molar-refractivity contribution in [3.63, 3.8) is 0 Å². The topological polar surface area (TPSA) is 74.3 Å². The Labute approximate surface area is 138 Å². The summed E-state index contributed by atoms with van der Waals surface area (Å²) in [6.45, 7) is 3.22. The highest BCUT2D eigenvalue weighted by Crippen LogP contribution is 2.21. The first-order valence-electron chi connectivity index (χ1n) is 7.76. The maximum Gasteiger partial charge on any atom is 0.317 e. The van der Waals surface area contributed by atoms with E-state index in [1.807, 2.05) is 24.3 Å². The maximum absolute atomic E-state index is 12.3. The molecule has 1 aliphatic heterocycles. The predicted molar refractivity (Wildman–Crippen MR) is 90.3 cm³/mol. The van der Waals surface area contributed by atoms with Crippen molar-refractivity contribution in [2.24, 2.45) is 0 Å². The fraction of sp³-hybridized carbons (Fsp3) is 0.438. The molecule has 1 saturated heterocycles. The fourth-order valence-electron chi connectivity index (χ4n) is 2.83. The number of likely N-dealkylation sites (tertiary alicyclic amines) is 1. The number of rotatable bonds is 3. The standard InChI is InChI=1S/C16H20N4O2S/c1-11(21)18-12-5-4-8-20(10-12)16(22)17-9-15-19-13-6-2-3-7-14(13)23-15/h2-3,6-7,12H,4-5,8-10H2,1H3,(H,17,22)(H,18,21). The lowest BCUT2D eigenvalue weighted by Crippen LogP contribution is -2.51. The quantitative estimate of drug-likeness (QED) is 0.904. The molecule has 1 atom stereocenters. The second-order valence-electron chi connectivity index (χ2n) is 5.72. The Hall–Kier alpha value is -2.15. The minimum atomic E-state index is -0.0979. The molecular formula is C16H20N4O2S. The average Bonchev–Trinajstić information content (AvgIpc) is 2.95. The van der Waals surface area contributed by atoms with E-state index in [0.29, 0.717) is 13.1 Å². The molecule has 7 heteroatoms. The van der Waals surface area contributed by atoms with E-state index >= 15 is 0 Å². The van der Waals surface area contributed by atoms with Gasteiger partial charge in [-0.3, -0.25) is 4.79 Å².